The second-order valence-corrected chi connectivity index (χ2v) is 8.05. The van der Waals surface area contributed by atoms with Crippen molar-refractivity contribution in [3.63, 3.8) is 0 Å². The lowest BCUT2D eigenvalue weighted by Gasteiger charge is -2.38. The molecule has 2 aliphatic rings. The van der Waals surface area contributed by atoms with Crippen molar-refractivity contribution >= 4 is 11.8 Å². The van der Waals surface area contributed by atoms with Crippen LogP contribution >= 0.6 is 0 Å². The van der Waals surface area contributed by atoms with Crippen LogP contribution in [0.4, 0.5) is 0 Å². The number of rotatable bonds is 5. The lowest BCUT2D eigenvalue weighted by Crippen LogP contribution is -2.54. The number of piperidine rings is 1. The van der Waals surface area contributed by atoms with Crippen LogP contribution in [0, 0.1) is 18.8 Å². The topological polar surface area (TPSA) is 113 Å². The van der Waals surface area contributed by atoms with Gasteiger partial charge in [-0.05, 0) is 44.1 Å². The Hall–Kier alpha value is -2.97. The van der Waals surface area contributed by atoms with Gasteiger partial charge in [0.05, 0.1) is 0 Å². The fourth-order valence-electron chi connectivity index (χ4n) is 4.58. The van der Waals surface area contributed by atoms with Crippen molar-refractivity contribution in [3.8, 4) is 0 Å². The van der Waals surface area contributed by atoms with Gasteiger partial charge >= 0.3 is 0 Å². The van der Waals surface area contributed by atoms with Crippen LogP contribution in [0.3, 0.4) is 0 Å². The zero-order valence-corrected chi connectivity index (χ0v) is 16.7. The van der Waals surface area contributed by atoms with Crippen LogP contribution in [0.2, 0.25) is 0 Å². The highest BCUT2D eigenvalue weighted by Crippen LogP contribution is 2.37. The molecule has 0 aromatic carbocycles. The van der Waals surface area contributed by atoms with Gasteiger partial charge in [0.2, 0.25) is 5.91 Å². The summed E-state index contributed by atoms with van der Waals surface area (Å²) in [6.07, 6.45) is 6.14. The number of aromatic nitrogens is 4. The van der Waals surface area contributed by atoms with Crippen LogP contribution < -0.4 is 10.9 Å². The summed E-state index contributed by atoms with van der Waals surface area (Å²) in [4.78, 5) is 45.8. The summed E-state index contributed by atoms with van der Waals surface area (Å²) in [6, 6.07) is 1.92. The third-order valence-corrected chi connectivity index (χ3v) is 6.17. The summed E-state index contributed by atoms with van der Waals surface area (Å²) in [6.45, 7) is 2.96. The van der Waals surface area contributed by atoms with Gasteiger partial charge in [-0.15, -0.1) is 0 Å². The fraction of sp³-hybridized carbons (Fsp3) is 0.550. The molecule has 154 valence electrons. The van der Waals surface area contributed by atoms with Gasteiger partial charge in [0, 0.05) is 50.7 Å². The monoisotopic (exact) mass is 398 g/mol. The predicted molar refractivity (Wildman–Crippen MR) is 105 cm³/mol. The van der Waals surface area contributed by atoms with E-state index < -0.39 is 11.5 Å². The molecule has 2 aromatic rings. The molecule has 29 heavy (non-hydrogen) atoms. The highest BCUT2D eigenvalue weighted by Gasteiger charge is 2.44. The number of aromatic amines is 1. The summed E-state index contributed by atoms with van der Waals surface area (Å²) in [5.41, 5.74) is 0.648. The highest BCUT2D eigenvalue weighted by atomic mass is 16.2. The number of carbonyl (C=O) groups excluding carboxylic acids is 2. The minimum absolute atomic E-state index is 0.00988. The molecule has 3 atom stereocenters. The number of aryl methyl sites for hydroxylation is 3. The molecule has 2 bridgehead atoms. The van der Waals surface area contributed by atoms with Gasteiger partial charge in [0.15, 0.2) is 0 Å². The first-order chi connectivity index (χ1) is 13.9. The third kappa shape index (κ3) is 3.94. The first-order valence-corrected chi connectivity index (χ1v) is 10.0. The van der Waals surface area contributed by atoms with E-state index in [1.165, 1.54) is 6.20 Å². The Bertz CT molecular complexity index is 967. The molecule has 3 heterocycles. The number of nitrogens with zero attached hydrogens (tertiary/aromatic N) is 4. The molecule has 1 saturated carbocycles. The molecule has 0 radical (unpaired) electrons. The van der Waals surface area contributed by atoms with Gasteiger partial charge in [-0.2, -0.15) is 5.10 Å². The Morgan fingerprint density at radius 1 is 1.28 bits per heavy atom. The number of hydrogen-bond donors (Lipinski definition) is 2. The smallest absolute Gasteiger partial charge is 0.263 e. The number of carbonyl (C=O) groups is 2. The van der Waals surface area contributed by atoms with Crippen molar-refractivity contribution in [2.45, 2.75) is 38.6 Å². The molecular weight excluding hydrogens is 372 g/mol. The molecule has 2 fully saturated rings. The molecule has 2 amide bonds. The maximum absolute atomic E-state index is 12.7. The zero-order valence-electron chi connectivity index (χ0n) is 16.7. The summed E-state index contributed by atoms with van der Waals surface area (Å²) in [5, 5.41) is 7.17. The largest absolute Gasteiger partial charge is 0.348 e. The molecular formula is C20H26N6O3. The highest BCUT2D eigenvalue weighted by molar-refractivity contribution is 5.93. The van der Waals surface area contributed by atoms with Crippen molar-refractivity contribution in [2.75, 3.05) is 13.1 Å². The van der Waals surface area contributed by atoms with E-state index in [1.54, 1.807) is 17.8 Å². The van der Waals surface area contributed by atoms with Crippen LogP contribution in [0.5, 0.6) is 0 Å². The SMILES string of the molecule is Cc1ncc(C(=O)NC2[C@@H]3CC[C@H]2CN(C(=O)CCc2ccnn2C)C3)c(=O)[nH]1. The third-order valence-electron chi connectivity index (χ3n) is 6.17. The Morgan fingerprint density at radius 2 is 2.00 bits per heavy atom. The predicted octanol–water partition coefficient (Wildman–Crippen LogP) is 0.411. The molecule has 0 spiro atoms. The van der Waals surface area contributed by atoms with Crippen molar-refractivity contribution in [2.24, 2.45) is 18.9 Å². The van der Waals surface area contributed by atoms with Crippen LogP contribution in [0.15, 0.2) is 23.3 Å². The van der Waals surface area contributed by atoms with Crippen LogP contribution in [-0.4, -0.2) is 55.6 Å². The lowest BCUT2D eigenvalue weighted by molar-refractivity contribution is -0.133. The standard InChI is InChI=1S/C20H26N6O3/c1-12-21-9-16(19(28)23-12)20(29)24-18-13-3-4-14(18)11-26(10-13)17(27)6-5-15-7-8-22-25(15)2/h7-9,13-14,18H,3-6,10-11H2,1-2H3,(H,24,29)(H,21,23,28)/t13-,14+,18?. The van der Waals surface area contributed by atoms with Crippen molar-refractivity contribution in [1.29, 1.82) is 0 Å². The Balaban J connectivity index is 1.36. The van der Waals surface area contributed by atoms with Gasteiger partial charge in [0.1, 0.15) is 11.4 Å². The summed E-state index contributed by atoms with van der Waals surface area (Å²) < 4.78 is 1.79. The normalized spacial score (nSPS) is 23.2. The number of nitrogens with one attached hydrogen (secondary N) is 2. The van der Waals surface area contributed by atoms with Crippen LogP contribution in [0.25, 0.3) is 0 Å². The van der Waals surface area contributed by atoms with Crippen LogP contribution in [0.1, 0.15) is 41.1 Å². The van der Waals surface area contributed by atoms with E-state index in [4.69, 9.17) is 0 Å². The molecule has 9 nitrogen and oxygen atoms in total. The minimum Gasteiger partial charge on any atom is -0.348 e. The van der Waals surface area contributed by atoms with Crippen molar-refractivity contribution < 1.29 is 9.59 Å². The van der Waals surface area contributed by atoms with Crippen molar-refractivity contribution in [3.05, 3.63) is 45.9 Å². The van der Waals surface area contributed by atoms with Gasteiger partial charge in [0.25, 0.3) is 11.5 Å². The summed E-state index contributed by atoms with van der Waals surface area (Å²) >= 11 is 0. The van der Waals surface area contributed by atoms with Gasteiger partial charge in [-0.3, -0.25) is 19.1 Å². The van der Waals surface area contributed by atoms with E-state index >= 15 is 0 Å². The Labute approximate surface area is 168 Å². The molecule has 1 saturated heterocycles. The molecule has 9 heteroatoms. The number of hydrogen-bond acceptors (Lipinski definition) is 5. The van der Waals surface area contributed by atoms with Gasteiger partial charge in [-0.25, -0.2) is 4.98 Å². The molecule has 2 N–H and O–H groups in total. The first kappa shape index (κ1) is 19.4. The second-order valence-electron chi connectivity index (χ2n) is 8.05. The van der Waals surface area contributed by atoms with E-state index in [9.17, 15) is 14.4 Å². The van der Waals surface area contributed by atoms with E-state index in [2.05, 4.69) is 20.4 Å². The molecule has 1 aliphatic heterocycles. The first-order valence-electron chi connectivity index (χ1n) is 10.0. The molecule has 4 rings (SSSR count). The summed E-state index contributed by atoms with van der Waals surface area (Å²) in [5.74, 6) is 0.667. The minimum atomic E-state index is -0.426. The number of fused-ring (bicyclic) bond motifs is 2. The molecule has 1 unspecified atom stereocenters. The Morgan fingerprint density at radius 3 is 2.62 bits per heavy atom. The van der Waals surface area contributed by atoms with E-state index in [1.807, 2.05) is 18.0 Å². The number of H-pyrrole nitrogens is 1. The number of amides is 2. The second kappa shape index (κ2) is 7.81. The fourth-order valence-corrected chi connectivity index (χ4v) is 4.58. The number of likely N-dealkylation sites (tertiary alicyclic amines) is 1. The average molecular weight is 398 g/mol. The van der Waals surface area contributed by atoms with Gasteiger partial charge in [-0.1, -0.05) is 0 Å². The lowest BCUT2D eigenvalue weighted by atomic mass is 9.91. The van der Waals surface area contributed by atoms with Crippen LogP contribution in [-0.2, 0) is 18.3 Å². The maximum Gasteiger partial charge on any atom is 0.263 e. The molecule has 2 aromatic heterocycles. The van der Waals surface area contributed by atoms with Crippen molar-refractivity contribution in [1.82, 2.24) is 30.0 Å². The van der Waals surface area contributed by atoms with E-state index in [-0.39, 0.29) is 29.3 Å². The average Bonchev–Trinajstić information content (AvgIpc) is 3.17. The molecule has 1 aliphatic carbocycles. The van der Waals surface area contributed by atoms with Gasteiger partial charge < -0.3 is 15.2 Å². The maximum atomic E-state index is 12.7. The zero-order chi connectivity index (χ0) is 20.5. The van der Waals surface area contributed by atoms with E-state index in [0.29, 0.717) is 31.8 Å². The summed E-state index contributed by atoms with van der Waals surface area (Å²) in [7, 11) is 1.88. The quantitative estimate of drug-likeness (QED) is 0.758. The Kier molecular flexibility index (Phi) is 5.21. The van der Waals surface area contributed by atoms with E-state index in [0.717, 1.165) is 18.5 Å².